The molecule has 1 aromatic heterocycles. The molecule has 0 radical (unpaired) electrons. The van der Waals surface area contributed by atoms with Crippen LogP contribution >= 0.6 is 0 Å². The molecule has 0 atom stereocenters. The second kappa shape index (κ2) is 6.33. The highest BCUT2D eigenvalue weighted by Gasteiger charge is 2.28. The molecule has 0 fully saturated rings. The van der Waals surface area contributed by atoms with Crippen LogP contribution in [-0.4, -0.2) is 38.2 Å². The Morgan fingerprint density at radius 1 is 1.24 bits per heavy atom. The molecule has 2 heterocycles. The fourth-order valence-corrected chi connectivity index (χ4v) is 2.89. The molecule has 0 saturated carbocycles. The molecule has 0 saturated heterocycles. The van der Waals surface area contributed by atoms with Crippen LogP contribution in [0.4, 0.5) is 0 Å². The van der Waals surface area contributed by atoms with Gasteiger partial charge in [0.05, 0.1) is 6.54 Å². The maximum atomic E-state index is 12.6. The van der Waals surface area contributed by atoms with E-state index in [9.17, 15) is 9.59 Å². The van der Waals surface area contributed by atoms with E-state index in [4.69, 9.17) is 5.21 Å². The number of nitrogens with one attached hydrogen (secondary N) is 1. The Morgan fingerprint density at radius 2 is 1.92 bits per heavy atom. The number of amides is 2. The average Bonchev–Trinajstić information content (AvgIpc) is 3.01. The topological polar surface area (TPSA) is 87.5 Å². The molecule has 0 unspecified atom stereocenters. The van der Waals surface area contributed by atoms with Crippen molar-refractivity contribution in [2.45, 2.75) is 39.3 Å². The van der Waals surface area contributed by atoms with E-state index < -0.39 is 5.91 Å². The van der Waals surface area contributed by atoms with Crippen molar-refractivity contribution in [2.24, 2.45) is 0 Å². The Kier molecular flexibility index (Phi) is 4.34. The number of hydroxylamine groups is 1. The van der Waals surface area contributed by atoms with E-state index in [2.05, 4.69) is 38.0 Å². The first kappa shape index (κ1) is 17.2. The Hall–Kier alpha value is -2.67. The Morgan fingerprint density at radius 3 is 2.52 bits per heavy atom. The summed E-state index contributed by atoms with van der Waals surface area (Å²) in [5.41, 5.74) is 4.32. The Balaban J connectivity index is 1.76. The number of hydrogen-bond donors (Lipinski definition) is 2. The van der Waals surface area contributed by atoms with E-state index in [1.807, 2.05) is 12.1 Å². The number of carbonyl (C=O) groups is 2. The molecule has 7 nitrogen and oxygen atoms in total. The largest absolute Gasteiger partial charge is 0.331 e. The number of rotatable bonds is 3. The molecule has 2 aromatic rings. The van der Waals surface area contributed by atoms with Crippen molar-refractivity contribution in [1.29, 1.82) is 0 Å². The number of aromatic nitrogens is 2. The molecule has 0 spiro atoms. The first-order valence-electron chi connectivity index (χ1n) is 8.20. The summed E-state index contributed by atoms with van der Waals surface area (Å²) >= 11 is 0. The summed E-state index contributed by atoms with van der Waals surface area (Å²) in [6.45, 7) is 8.04. The maximum absolute atomic E-state index is 12.6. The predicted octanol–water partition coefficient (Wildman–Crippen LogP) is 1.96. The van der Waals surface area contributed by atoms with Gasteiger partial charge in [-0.15, -0.1) is 0 Å². The molecule has 3 rings (SSSR count). The van der Waals surface area contributed by atoms with Gasteiger partial charge in [-0.05, 0) is 16.5 Å². The molecular formula is C18H22N4O3. The highest BCUT2D eigenvalue weighted by atomic mass is 16.5. The zero-order valence-electron chi connectivity index (χ0n) is 14.6. The van der Waals surface area contributed by atoms with Gasteiger partial charge in [0, 0.05) is 19.2 Å². The van der Waals surface area contributed by atoms with Crippen molar-refractivity contribution < 1.29 is 14.8 Å². The van der Waals surface area contributed by atoms with Crippen LogP contribution in [0.15, 0.2) is 30.3 Å². The van der Waals surface area contributed by atoms with Crippen LogP contribution in [0.1, 0.15) is 52.9 Å². The molecule has 2 N–H and O–H groups in total. The molecule has 0 bridgehead atoms. The predicted molar refractivity (Wildman–Crippen MR) is 91.4 cm³/mol. The lowest BCUT2D eigenvalue weighted by atomic mass is 9.87. The van der Waals surface area contributed by atoms with Gasteiger partial charge in [0.1, 0.15) is 5.69 Å². The number of nitrogens with zero attached hydrogens (tertiary/aromatic N) is 3. The van der Waals surface area contributed by atoms with E-state index in [1.165, 1.54) is 21.8 Å². The third-order valence-electron chi connectivity index (χ3n) is 4.40. The highest BCUT2D eigenvalue weighted by Crippen LogP contribution is 2.23. The van der Waals surface area contributed by atoms with Gasteiger partial charge in [-0.3, -0.25) is 19.5 Å². The van der Waals surface area contributed by atoms with E-state index in [-0.39, 0.29) is 17.0 Å². The molecule has 25 heavy (non-hydrogen) atoms. The first-order valence-corrected chi connectivity index (χ1v) is 8.20. The summed E-state index contributed by atoms with van der Waals surface area (Å²) in [5.74, 6) is -0.894. The van der Waals surface area contributed by atoms with Crippen molar-refractivity contribution >= 4 is 11.8 Å². The third-order valence-corrected chi connectivity index (χ3v) is 4.40. The number of carbonyl (C=O) groups excluding carboxylic acids is 2. The maximum Gasteiger partial charge on any atom is 0.295 e. The van der Waals surface area contributed by atoms with Gasteiger partial charge in [-0.2, -0.15) is 5.10 Å². The standard InChI is InChI=1S/C18H22N4O3/c1-18(2,3)13-6-4-12(5-7-13)11-21-8-9-22-15(17(21)24)10-14(19-22)16(23)20-25/h4-7,10,25H,8-9,11H2,1-3H3,(H,20,23). The van der Waals surface area contributed by atoms with Gasteiger partial charge < -0.3 is 4.90 Å². The van der Waals surface area contributed by atoms with Gasteiger partial charge in [0.2, 0.25) is 0 Å². The minimum absolute atomic E-state index is 0.0298. The molecular weight excluding hydrogens is 320 g/mol. The zero-order valence-corrected chi connectivity index (χ0v) is 14.6. The SMILES string of the molecule is CC(C)(C)c1ccc(CN2CCn3nc(C(=O)NO)cc3C2=O)cc1. The summed E-state index contributed by atoms with van der Waals surface area (Å²) in [6, 6.07) is 9.69. The van der Waals surface area contributed by atoms with E-state index in [0.29, 0.717) is 25.3 Å². The highest BCUT2D eigenvalue weighted by molar-refractivity contribution is 5.97. The monoisotopic (exact) mass is 342 g/mol. The van der Waals surface area contributed by atoms with Crippen molar-refractivity contribution in [3.05, 3.63) is 52.8 Å². The second-order valence-corrected chi connectivity index (χ2v) is 7.25. The second-order valence-electron chi connectivity index (χ2n) is 7.25. The third kappa shape index (κ3) is 3.41. The summed E-state index contributed by atoms with van der Waals surface area (Å²) in [4.78, 5) is 25.8. The van der Waals surface area contributed by atoms with Crippen LogP contribution in [0.2, 0.25) is 0 Å². The van der Waals surface area contributed by atoms with Gasteiger partial charge in [0.15, 0.2) is 5.69 Å². The molecule has 1 aromatic carbocycles. The van der Waals surface area contributed by atoms with Gasteiger partial charge in [-0.25, -0.2) is 5.48 Å². The summed E-state index contributed by atoms with van der Waals surface area (Å²) in [7, 11) is 0. The number of benzene rings is 1. The van der Waals surface area contributed by atoms with E-state index in [1.54, 1.807) is 4.90 Å². The van der Waals surface area contributed by atoms with Crippen LogP contribution in [0.5, 0.6) is 0 Å². The molecule has 132 valence electrons. The van der Waals surface area contributed by atoms with Crippen LogP contribution < -0.4 is 5.48 Å². The van der Waals surface area contributed by atoms with Crippen LogP contribution in [-0.2, 0) is 18.5 Å². The van der Waals surface area contributed by atoms with Gasteiger partial charge >= 0.3 is 0 Å². The lowest BCUT2D eigenvalue weighted by Gasteiger charge is -2.27. The van der Waals surface area contributed by atoms with Gasteiger partial charge in [-0.1, -0.05) is 45.0 Å². The van der Waals surface area contributed by atoms with E-state index >= 15 is 0 Å². The van der Waals surface area contributed by atoms with Crippen LogP contribution in [0, 0.1) is 0 Å². The Labute approximate surface area is 146 Å². The smallest absolute Gasteiger partial charge is 0.295 e. The van der Waals surface area contributed by atoms with Crippen molar-refractivity contribution in [3.63, 3.8) is 0 Å². The Bertz CT molecular complexity index is 803. The quantitative estimate of drug-likeness (QED) is 0.659. The summed E-state index contributed by atoms with van der Waals surface area (Å²) < 4.78 is 1.51. The lowest BCUT2D eigenvalue weighted by Crippen LogP contribution is -2.39. The molecule has 1 aliphatic heterocycles. The van der Waals surface area contributed by atoms with Gasteiger partial charge in [0.25, 0.3) is 11.8 Å². The van der Waals surface area contributed by atoms with Crippen LogP contribution in [0.3, 0.4) is 0 Å². The minimum Gasteiger partial charge on any atom is -0.331 e. The summed E-state index contributed by atoms with van der Waals surface area (Å²) in [5, 5.41) is 12.7. The van der Waals surface area contributed by atoms with Crippen LogP contribution in [0.25, 0.3) is 0 Å². The first-order chi connectivity index (χ1) is 11.8. The normalized spacial score (nSPS) is 14.4. The fourth-order valence-electron chi connectivity index (χ4n) is 2.89. The number of hydrogen-bond acceptors (Lipinski definition) is 4. The molecule has 0 aliphatic carbocycles. The summed E-state index contributed by atoms with van der Waals surface area (Å²) in [6.07, 6.45) is 0. The fraction of sp³-hybridized carbons (Fsp3) is 0.389. The zero-order chi connectivity index (χ0) is 18.2. The lowest BCUT2D eigenvalue weighted by molar-refractivity contribution is 0.0677. The molecule has 2 amide bonds. The van der Waals surface area contributed by atoms with E-state index in [0.717, 1.165) is 5.56 Å². The van der Waals surface area contributed by atoms with Crippen molar-refractivity contribution in [3.8, 4) is 0 Å². The molecule has 7 heteroatoms. The van der Waals surface area contributed by atoms with Crippen molar-refractivity contribution in [2.75, 3.05) is 6.54 Å². The number of fused-ring (bicyclic) bond motifs is 1. The minimum atomic E-state index is -0.723. The van der Waals surface area contributed by atoms with Crippen molar-refractivity contribution in [1.82, 2.24) is 20.2 Å². The molecule has 1 aliphatic rings. The average molecular weight is 342 g/mol.